The van der Waals surface area contributed by atoms with E-state index in [-0.39, 0.29) is 48.3 Å². The van der Waals surface area contributed by atoms with Gasteiger partial charge in [-0.05, 0) is 37.1 Å². The zero-order valence-corrected chi connectivity index (χ0v) is 15.3. The molecule has 1 unspecified atom stereocenters. The highest BCUT2D eigenvalue weighted by Gasteiger charge is 2.24. The van der Waals surface area contributed by atoms with Crippen LogP contribution in [0.3, 0.4) is 0 Å². The fourth-order valence-corrected chi connectivity index (χ4v) is 3.00. The first kappa shape index (κ1) is 21.1. The summed E-state index contributed by atoms with van der Waals surface area (Å²) in [5.41, 5.74) is 1.98. The molecule has 1 fully saturated rings. The van der Waals surface area contributed by atoms with Crippen molar-refractivity contribution in [3.63, 3.8) is 0 Å². The summed E-state index contributed by atoms with van der Waals surface area (Å²) >= 11 is 0. The quantitative estimate of drug-likeness (QED) is 0.842. The third-order valence-corrected chi connectivity index (χ3v) is 4.44. The van der Waals surface area contributed by atoms with Crippen LogP contribution in [0.25, 0.3) is 0 Å². The maximum Gasteiger partial charge on any atom is 0.241 e. The van der Waals surface area contributed by atoms with Gasteiger partial charge >= 0.3 is 0 Å². The van der Waals surface area contributed by atoms with E-state index in [1.54, 1.807) is 6.07 Å². The van der Waals surface area contributed by atoms with Gasteiger partial charge in [-0.1, -0.05) is 6.07 Å². The Morgan fingerprint density at radius 2 is 2.04 bits per heavy atom. The normalized spacial score (nSPS) is 18.6. The highest BCUT2D eigenvalue weighted by molar-refractivity contribution is 5.94. The van der Waals surface area contributed by atoms with Crippen LogP contribution < -0.4 is 10.6 Å². The van der Waals surface area contributed by atoms with Crippen molar-refractivity contribution in [3.8, 4) is 0 Å². The van der Waals surface area contributed by atoms with Crippen molar-refractivity contribution in [2.24, 2.45) is 0 Å². The summed E-state index contributed by atoms with van der Waals surface area (Å²) in [6.45, 7) is 6.03. The first-order chi connectivity index (χ1) is 10.7. The van der Waals surface area contributed by atoms with Crippen LogP contribution in [0, 0.1) is 5.82 Å². The van der Waals surface area contributed by atoms with E-state index in [9.17, 15) is 9.18 Å². The topological polar surface area (TPSA) is 53.6 Å². The number of hydrogen-bond acceptors (Lipinski definition) is 4. The number of carbonyl (C=O) groups is 1. The van der Waals surface area contributed by atoms with E-state index in [4.69, 9.17) is 4.74 Å². The Morgan fingerprint density at radius 1 is 1.33 bits per heavy atom. The summed E-state index contributed by atoms with van der Waals surface area (Å²) in [4.78, 5) is 14.4. The molecule has 0 spiro atoms. The molecule has 2 heterocycles. The van der Waals surface area contributed by atoms with Gasteiger partial charge < -0.3 is 15.4 Å². The molecule has 1 aromatic rings. The van der Waals surface area contributed by atoms with Gasteiger partial charge in [0.25, 0.3) is 0 Å². The summed E-state index contributed by atoms with van der Waals surface area (Å²) in [7, 11) is 0. The number of amides is 1. The van der Waals surface area contributed by atoms with Gasteiger partial charge in [-0.2, -0.15) is 0 Å². The van der Waals surface area contributed by atoms with Gasteiger partial charge in [0.05, 0.1) is 24.9 Å². The molecule has 1 atom stereocenters. The lowest BCUT2D eigenvalue weighted by atomic mass is 9.99. The van der Waals surface area contributed by atoms with Gasteiger partial charge in [0.15, 0.2) is 0 Å². The minimum atomic E-state index is -0.291. The number of carbonyl (C=O) groups excluding carboxylic acids is 1. The zero-order chi connectivity index (χ0) is 15.5. The van der Waals surface area contributed by atoms with Crippen molar-refractivity contribution in [3.05, 3.63) is 29.1 Å². The average Bonchev–Trinajstić information content (AvgIpc) is 2.57. The molecule has 1 amide bonds. The highest BCUT2D eigenvalue weighted by atomic mass is 35.5. The monoisotopic (exact) mass is 379 g/mol. The summed E-state index contributed by atoms with van der Waals surface area (Å²) < 4.78 is 19.8. The maximum atomic E-state index is 14.5. The number of nitrogens with one attached hydrogen (secondary N) is 2. The second-order valence-corrected chi connectivity index (χ2v) is 5.81. The van der Waals surface area contributed by atoms with E-state index in [2.05, 4.69) is 15.5 Å². The van der Waals surface area contributed by atoms with Crippen LogP contribution >= 0.6 is 24.8 Å². The van der Waals surface area contributed by atoms with Crippen molar-refractivity contribution >= 4 is 36.4 Å². The van der Waals surface area contributed by atoms with E-state index < -0.39 is 0 Å². The van der Waals surface area contributed by atoms with E-state index in [1.807, 2.05) is 13.0 Å². The van der Waals surface area contributed by atoms with Crippen molar-refractivity contribution in [1.29, 1.82) is 0 Å². The van der Waals surface area contributed by atoms with Crippen LogP contribution in [0.15, 0.2) is 12.1 Å². The standard InChI is InChI=1S/C16H22FN3O2.2ClH/c1-11(20-6-8-22-9-7-20)16(21)19-14-3-2-12-10-18-5-4-13(12)15(14)17;;/h2-3,11,18H,4-10H2,1H3,(H,19,21);2*1H. The second-order valence-electron chi connectivity index (χ2n) is 5.81. The predicted octanol–water partition coefficient (Wildman–Crippen LogP) is 1.97. The zero-order valence-electron chi connectivity index (χ0n) is 13.6. The number of morpholine rings is 1. The lowest BCUT2D eigenvalue weighted by Gasteiger charge is -2.31. The van der Waals surface area contributed by atoms with Gasteiger partial charge in [-0.15, -0.1) is 24.8 Å². The smallest absolute Gasteiger partial charge is 0.241 e. The predicted molar refractivity (Wildman–Crippen MR) is 96.8 cm³/mol. The van der Waals surface area contributed by atoms with Crippen molar-refractivity contribution in [1.82, 2.24) is 10.2 Å². The number of hydrogen-bond donors (Lipinski definition) is 2. The summed E-state index contributed by atoms with van der Waals surface area (Å²) in [6, 6.07) is 3.26. The Morgan fingerprint density at radius 3 is 2.75 bits per heavy atom. The molecule has 0 bridgehead atoms. The molecule has 3 rings (SSSR count). The summed E-state index contributed by atoms with van der Waals surface area (Å²) in [5.74, 6) is -0.462. The van der Waals surface area contributed by atoms with Crippen LogP contribution in [0.2, 0.25) is 0 Å². The number of halogens is 3. The van der Waals surface area contributed by atoms with Gasteiger partial charge in [0.1, 0.15) is 5.82 Å². The van der Waals surface area contributed by atoms with Crippen LogP contribution in [-0.4, -0.2) is 49.7 Å². The number of anilines is 1. The minimum Gasteiger partial charge on any atom is -0.379 e. The molecule has 8 heteroatoms. The molecule has 1 aromatic carbocycles. The van der Waals surface area contributed by atoms with E-state index in [1.165, 1.54) is 0 Å². The lowest BCUT2D eigenvalue weighted by Crippen LogP contribution is -2.47. The van der Waals surface area contributed by atoms with E-state index >= 15 is 0 Å². The summed E-state index contributed by atoms with van der Waals surface area (Å²) in [5, 5.41) is 5.96. The SMILES string of the molecule is CC(C(=O)Nc1ccc2c(c1F)CCNC2)N1CCOCC1.Cl.Cl. The molecule has 0 aliphatic carbocycles. The molecule has 2 aliphatic heterocycles. The van der Waals surface area contributed by atoms with Crippen LogP contribution in [0.5, 0.6) is 0 Å². The Balaban J connectivity index is 0.00000144. The minimum absolute atomic E-state index is 0. The van der Waals surface area contributed by atoms with Crippen LogP contribution in [-0.2, 0) is 22.5 Å². The van der Waals surface area contributed by atoms with Crippen LogP contribution in [0.1, 0.15) is 18.1 Å². The summed E-state index contributed by atoms with van der Waals surface area (Å²) in [6.07, 6.45) is 0.657. The molecule has 24 heavy (non-hydrogen) atoms. The highest BCUT2D eigenvalue weighted by Crippen LogP contribution is 2.24. The molecule has 136 valence electrons. The molecular weight excluding hydrogens is 356 g/mol. The first-order valence-corrected chi connectivity index (χ1v) is 7.80. The molecule has 0 aromatic heterocycles. The molecule has 1 saturated heterocycles. The lowest BCUT2D eigenvalue weighted by molar-refractivity contribution is -0.122. The average molecular weight is 380 g/mol. The number of ether oxygens (including phenoxy) is 1. The fourth-order valence-electron chi connectivity index (χ4n) is 3.00. The number of benzene rings is 1. The number of fused-ring (bicyclic) bond motifs is 1. The van der Waals surface area contributed by atoms with E-state index in [0.29, 0.717) is 26.2 Å². The van der Waals surface area contributed by atoms with Crippen LogP contribution in [0.4, 0.5) is 10.1 Å². The third-order valence-electron chi connectivity index (χ3n) is 4.44. The molecule has 5 nitrogen and oxygen atoms in total. The van der Waals surface area contributed by atoms with Gasteiger partial charge in [-0.25, -0.2) is 4.39 Å². The first-order valence-electron chi connectivity index (χ1n) is 7.80. The Hall–Kier alpha value is -0.920. The van der Waals surface area contributed by atoms with Crippen molar-refractivity contribution in [2.75, 3.05) is 38.2 Å². The van der Waals surface area contributed by atoms with Gasteiger partial charge in [0.2, 0.25) is 5.91 Å². The molecular formula is C16H24Cl2FN3O2. The van der Waals surface area contributed by atoms with Gasteiger partial charge in [0, 0.05) is 19.6 Å². The Bertz CT molecular complexity index is 568. The molecule has 2 N–H and O–H groups in total. The number of rotatable bonds is 3. The second kappa shape index (κ2) is 9.53. The Labute approximate surface area is 154 Å². The molecule has 2 aliphatic rings. The molecule has 0 saturated carbocycles. The maximum absolute atomic E-state index is 14.5. The van der Waals surface area contributed by atoms with Gasteiger partial charge in [-0.3, -0.25) is 9.69 Å². The fraction of sp³-hybridized carbons (Fsp3) is 0.562. The van der Waals surface area contributed by atoms with E-state index in [0.717, 1.165) is 30.8 Å². The van der Waals surface area contributed by atoms with Crippen molar-refractivity contribution < 1.29 is 13.9 Å². The largest absolute Gasteiger partial charge is 0.379 e. The third kappa shape index (κ3) is 4.58. The Kier molecular flexibility index (Phi) is 8.39. The number of nitrogens with zero attached hydrogens (tertiary/aromatic N) is 1. The molecule has 0 radical (unpaired) electrons. The van der Waals surface area contributed by atoms with Crippen molar-refractivity contribution in [2.45, 2.75) is 25.9 Å².